The van der Waals surface area contributed by atoms with E-state index >= 15 is 0 Å². The molecule has 0 atom stereocenters. The number of anilines is 2. The van der Waals surface area contributed by atoms with E-state index in [4.69, 9.17) is 11.5 Å². The summed E-state index contributed by atoms with van der Waals surface area (Å²) in [4.78, 5) is 8.41. The Labute approximate surface area is 128 Å². The van der Waals surface area contributed by atoms with Crippen LogP contribution in [0, 0.1) is 6.92 Å². The molecular formula is C17H16N4O. The van der Waals surface area contributed by atoms with E-state index in [1.54, 1.807) is 18.2 Å². The highest BCUT2D eigenvalue weighted by Gasteiger charge is 2.15. The van der Waals surface area contributed by atoms with Gasteiger partial charge in [0.25, 0.3) is 0 Å². The monoisotopic (exact) mass is 292 g/mol. The number of hydrogen-bond donors (Lipinski definition) is 3. The Bertz CT molecular complexity index is 846. The van der Waals surface area contributed by atoms with Crippen LogP contribution in [0.4, 0.5) is 11.8 Å². The third-order valence-corrected chi connectivity index (χ3v) is 3.38. The van der Waals surface area contributed by atoms with Crippen LogP contribution in [0.15, 0.2) is 48.5 Å². The van der Waals surface area contributed by atoms with E-state index in [1.165, 1.54) is 0 Å². The molecule has 5 N–H and O–H groups in total. The van der Waals surface area contributed by atoms with Crippen molar-refractivity contribution in [2.24, 2.45) is 0 Å². The summed E-state index contributed by atoms with van der Waals surface area (Å²) in [7, 11) is 0. The summed E-state index contributed by atoms with van der Waals surface area (Å²) in [6.07, 6.45) is 0. The summed E-state index contributed by atoms with van der Waals surface area (Å²) >= 11 is 0. The van der Waals surface area contributed by atoms with Gasteiger partial charge < -0.3 is 16.6 Å². The zero-order valence-electron chi connectivity index (χ0n) is 12.1. The van der Waals surface area contributed by atoms with Crippen LogP contribution in [-0.2, 0) is 0 Å². The van der Waals surface area contributed by atoms with Crippen LogP contribution in [0.1, 0.15) is 5.56 Å². The number of phenolic OH excluding ortho intramolecular Hbond substituents is 1. The molecule has 1 aromatic heterocycles. The normalized spacial score (nSPS) is 10.6. The lowest BCUT2D eigenvalue weighted by Crippen LogP contribution is -2.04. The highest BCUT2D eigenvalue weighted by atomic mass is 16.3. The number of benzene rings is 2. The smallest absolute Gasteiger partial charge is 0.222 e. The molecule has 0 radical (unpaired) electrons. The molecule has 3 aromatic rings. The molecule has 2 aromatic carbocycles. The minimum atomic E-state index is 0.123. The average molecular weight is 292 g/mol. The summed E-state index contributed by atoms with van der Waals surface area (Å²) in [6.45, 7) is 2.01. The molecule has 0 spiro atoms. The second-order valence-electron chi connectivity index (χ2n) is 5.11. The van der Waals surface area contributed by atoms with Gasteiger partial charge in [-0.05, 0) is 30.7 Å². The van der Waals surface area contributed by atoms with Crippen molar-refractivity contribution in [2.75, 3.05) is 11.5 Å². The second kappa shape index (κ2) is 5.37. The van der Waals surface area contributed by atoms with Crippen molar-refractivity contribution in [3.63, 3.8) is 0 Å². The zero-order valence-corrected chi connectivity index (χ0v) is 12.1. The Morgan fingerprint density at radius 2 is 1.64 bits per heavy atom. The van der Waals surface area contributed by atoms with Gasteiger partial charge in [0.1, 0.15) is 11.6 Å². The molecule has 110 valence electrons. The van der Waals surface area contributed by atoms with E-state index in [9.17, 15) is 5.11 Å². The van der Waals surface area contributed by atoms with Gasteiger partial charge in [-0.2, -0.15) is 4.98 Å². The second-order valence-corrected chi connectivity index (χ2v) is 5.11. The molecule has 0 aliphatic heterocycles. The van der Waals surface area contributed by atoms with Crippen LogP contribution in [0.2, 0.25) is 0 Å². The molecule has 0 saturated carbocycles. The predicted molar refractivity (Wildman–Crippen MR) is 88.1 cm³/mol. The molecule has 3 rings (SSSR count). The van der Waals surface area contributed by atoms with Gasteiger partial charge in [0.2, 0.25) is 5.95 Å². The quantitative estimate of drug-likeness (QED) is 0.674. The number of aromatic hydroxyl groups is 1. The number of nitrogens with zero attached hydrogens (tertiary/aromatic N) is 2. The molecule has 0 aliphatic carbocycles. The van der Waals surface area contributed by atoms with Crippen LogP contribution in [0.5, 0.6) is 5.75 Å². The Morgan fingerprint density at radius 3 is 2.36 bits per heavy atom. The molecule has 5 nitrogen and oxygen atoms in total. The van der Waals surface area contributed by atoms with E-state index in [0.717, 1.165) is 16.7 Å². The van der Waals surface area contributed by atoms with Gasteiger partial charge in [0.05, 0.1) is 11.3 Å². The number of hydrogen-bond acceptors (Lipinski definition) is 5. The first-order valence-corrected chi connectivity index (χ1v) is 6.84. The summed E-state index contributed by atoms with van der Waals surface area (Å²) in [5, 5.41) is 9.72. The Kier molecular flexibility index (Phi) is 3.39. The van der Waals surface area contributed by atoms with E-state index in [2.05, 4.69) is 9.97 Å². The fourth-order valence-electron chi connectivity index (χ4n) is 2.44. The number of phenols is 1. The standard InChI is InChI=1S/C17H16N4O/c1-10-4-2-6-12(8-10)15-14(16(18)21-17(19)20-15)11-5-3-7-13(22)9-11/h2-9,22H,1H3,(H4,18,19,20,21). The van der Waals surface area contributed by atoms with Crippen LogP contribution in [0.3, 0.4) is 0 Å². The SMILES string of the molecule is Cc1cccc(-c2nc(N)nc(N)c2-c2cccc(O)c2)c1. The van der Waals surface area contributed by atoms with Crippen molar-refractivity contribution in [3.05, 3.63) is 54.1 Å². The Balaban J connectivity index is 2.30. The molecule has 22 heavy (non-hydrogen) atoms. The Morgan fingerprint density at radius 1 is 0.909 bits per heavy atom. The van der Waals surface area contributed by atoms with Gasteiger partial charge in [-0.15, -0.1) is 0 Å². The molecule has 0 bridgehead atoms. The fraction of sp³-hybridized carbons (Fsp3) is 0.0588. The molecule has 0 saturated heterocycles. The summed E-state index contributed by atoms with van der Waals surface area (Å²) < 4.78 is 0. The average Bonchev–Trinajstić information content (AvgIpc) is 2.46. The highest BCUT2D eigenvalue weighted by molar-refractivity contribution is 5.88. The predicted octanol–water partition coefficient (Wildman–Crippen LogP) is 2.99. The maximum absolute atomic E-state index is 9.72. The maximum Gasteiger partial charge on any atom is 0.222 e. The Hall–Kier alpha value is -3.08. The third kappa shape index (κ3) is 2.56. The van der Waals surface area contributed by atoms with Gasteiger partial charge in [-0.3, -0.25) is 0 Å². The zero-order chi connectivity index (χ0) is 15.7. The van der Waals surface area contributed by atoms with Gasteiger partial charge >= 0.3 is 0 Å². The van der Waals surface area contributed by atoms with Crippen molar-refractivity contribution < 1.29 is 5.11 Å². The molecule has 5 heteroatoms. The minimum absolute atomic E-state index is 0.123. The number of nitrogens with two attached hydrogens (primary N) is 2. The van der Waals surface area contributed by atoms with E-state index in [0.29, 0.717) is 11.3 Å². The fourth-order valence-corrected chi connectivity index (χ4v) is 2.44. The number of aromatic nitrogens is 2. The third-order valence-electron chi connectivity index (χ3n) is 3.38. The largest absolute Gasteiger partial charge is 0.508 e. The maximum atomic E-state index is 9.72. The van der Waals surface area contributed by atoms with Crippen molar-refractivity contribution >= 4 is 11.8 Å². The number of rotatable bonds is 2. The molecule has 0 unspecified atom stereocenters. The van der Waals surface area contributed by atoms with Gasteiger partial charge in [-0.1, -0.05) is 35.9 Å². The first-order chi connectivity index (χ1) is 10.5. The molecule has 0 fully saturated rings. The summed E-state index contributed by atoms with van der Waals surface area (Å²) in [5.74, 6) is 0.566. The molecular weight excluding hydrogens is 276 g/mol. The first kappa shape index (κ1) is 13.9. The van der Waals surface area contributed by atoms with E-state index in [1.807, 2.05) is 37.3 Å². The summed E-state index contributed by atoms with van der Waals surface area (Å²) in [6, 6.07) is 14.7. The van der Waals surface area contributed by atoms with Crippen LogP contribution < -0.4 is 11.5 Å². The van der Waals surface area contributed by atoms with Gasteiger partial charge in [-0.25, -0.2) is 4.98 Å². The minimum Gasteiger partial charge on any atom is -0.508 e. The number of nitrogen functional groups attached to an aromatic ring is 2. The van der Waals surface area contributed by atoms with Crippen molar-refractivity contribution in [1.82, 2.24) is 9.97 Å². The number of aryl methyl sites for hydroxylation is 1. The van der Waals surface area contributed by atoms with Crippen molar-refractivity contribution in [3.8, 4) is 28.1 Å². The molecule has 0 aliphatic rings. The molecule has 0 amide bonds. The lowest BCUT2D eigenvalue weighted by atomic mass is 9.98. The van der Waals surface area contributed by atoms with Crippen molar-refractivity contribution in [1.29, 1.82) is 0 Å². The topological polar surface area (TPSA) is 98.0 Å². The first-order valence-electron chi connectivity index (χ1n) is 6.84. The van der Waals surface area contributed by atoms with Crippen molar-refractivity contribution in [2.45, 2.75) is 6.92 Å². The van der Waals surface area contributed by atoms with Gasteiger partial charge in [0, 0.05) is 5.56 Å². The van der Waals surface area contributed by atoms with Crippen LogP contribution in [0.25, 0.3) is 22.4 Å². The van der Waals surface area contributed by atoms with E-state index < -0.39 is 0 Å². The van der Waals surface area contributed by atoms with E-state index in [-0.39, 0.29) is 17.5 Å². The van der Waals surface area contributed by atoms with Crippen LogP contribution >= 0.6 is 0 Å². The van der Waals surface area contributed by atoms with Crippen LogP contribution in [-0.4, -0.2) is 15.1 Å². The lowest BCUT2D eigenvalue weighted by molar-refractivity contribution is 0.475. The lowest BCUT2D eigenvalue weighted by Gasteiger charge is -2.13. The highest BCUT2D eigenvalue weighted by Crippen LogP contribution is 2.36. The van der Waals surface area contributed by atoms with Gasteiger partial charge in [0.15, 0.2) is 0 Å². The summed E-state index contributed by atoms with van der Waals surface area (Å²) in [5.41, 5.74) is 15.9. The molecule has 1 heterocycles.